The Balaban J connectivity index is 1.56. The largest absolute Gasteiger partial charge is 0.573 e. The van der Waals surface area contributed by atoms with E-state index in [0.717, 1.165) is 5.56 Å². The van der Waals surface area contributed by atoms with Crippen LogP contribution in [0, 0.1) is 5.82 Å². The van der Waals surface area contributed by atoms with Crippen LogP contribution in [-0.4, -0.2) is 21.3 Å². The Labute approximate surface area is 156 Å². The first kappa shape index (κ1) is 17.9. The second-order valence-electron chi connectivity index (χ2n) is 6.04. The van der Waals surface area contributed by atoms with E-state index in [9.17, 15) is 17.6 Å². The minimum Gasteiger partial charge on any atom is -0.406 e. The van der Waals surface area contributed by atoms with Gasteiger partial charge in [0.05, 0.1) is 5.56 Å². The molecule has 0 aliphatic carbocycles. The highest BCUT2D eigenvalue weighted by atomic mass is 19.4. The van der Waals surface area contributed by atoms with Gasteiger partial charge in [0, 0.05) is 0 Å². The van der Waals surface area contributed by atoms with E-state index < -0.39 is 12.2 Å². The molecule has 0 amide bonds. The summed E-state index contributed by atoms with van der Waals surface area (Å²) in [5, 5.41) is 0. The number of halogens is 4. The molecule has 0 saturated carbocycles. The SMILES string of the molecule is Fc1ccccc1-c1nc2nc[n+](Cc3ccc(OC(F)(F)F)cc3)cc2[nH]1. The number of H-pyrrole nitrogens is 1. The lowest BCUT2D eigenvalue weighted by Gasteiger charge is -2.08. The van der Waals surface area contributed by atoms with Crippen molar-refractivity contribution in [1.29, 1.82) is 0 Å². The van der Waals surface area contributed by atoms with Gasteiger partial charge >= 0.3 is 6.36 Å². The van der Waals surface area contributed by atoms with E-state index in [4.69, 9.17) is 0 Å². The van der Waals surface area contributed by atoms with Crippen LogP contribution in [0.4, 0.5) is 17.6 Å². The molecule has 0 spiro atoms. The lowest BCUT2D eigenvalue weighted by atomic mass is 10.2. The average Bonchev–Trinajstić information content (AvgIpc) is 3.05. The van der Waals surface area contributed by atoms with Gasteiger partial charge in [0.1, 0.15) is 30.1 Å². The van der Waals surface area contributed by atoms with Crippen molar-refractivity contribution in [2.75, 3.05) is 0 Å². The van der Waals surface area contributed by atoms with Crippen molar-refractivity contribution in [3.8, 4) is 17.1 Å². The molecule has 142 valence electrons. The highest BCUT2D eigenvalue weighted by Gasteiger charge is 2.31. The molecule has 0 bridgehead atoms. The standard InChI is InChI=1S/C19H12F4N4O/c20-15-4-2-1-3-14(15)17-25-16-10-27(11-24-18(16)26-17)9-12-5-7-13(8-6-12)28-19(21,22)23/h1-8,10-11H,9H2/p+1. The van der Waals surface area contributed by atoms with E-state index in [2.05, 4.69) is 19.7 Å². The summed E-state index contributed by atoms with van der Waals surface area (Å²) in [5.74, 6) is -0.305. The van der Waals surface area contributed by atoms with E-state index in [1.807, 2.05) is 0 Å². The number of aromatic nitrogens is 4. The zero-order valence-electron chi connectivity index (χ0n) is 14.2. The lowest BCUT2D eigenvalue weighted by Crippen LogP contribution is -2.34. The predicted molar refractivity (Wildman–Crippen MR) is 91.7 cm³/mol. The third kappa shape index (κ3) is 3.93. The molecule has 0 fully saturated rings. The Morgan fingerprint density at radius 2 is 1.79 bits per heavy atom. The molecule has 0 radical (unpaired) electrons. The number of benzene rings is 2. The van der Waals surface area contributed by atoms with Gasteiger partial charge in [0.15, 0.2) is 5.52 Å². The number of fused-ring (bicyclic) bond motifs is 1. The number of aromatic amines is 1. The molecule has 4 rings (SSSR count). The molecule has 0 aliphatic rings. The zero-order valence-corrected chi connectivity index (χ0v) is 14.2. The van der Waals surface area contributed by atoms with Gasteiger partial charge in [-0.05, 0) is 34.8 Å². The van der Waals surface area contributed by atoms with Crippen LogP contribution in [0.1, 0.15) is 5.56 Å². The Morgan fingerprint density at radius 3 is 2.50 bits per heavy atom. The quantitative estimate of drug-likeness (QED) is 0.424. The van der Waals surface area contributed by atoms with E-state index in [0.29, 0.717) is 29.1 Å². The first-order chi connectivity index (χ1) is 13.4. The minimum absolute atomic E-state index is 0.280. The highest BCUT2D eigenvalue weighted by Crippen LogP contribution is 2.23. The van der Waals surface area contributed by atoms with Gasteiger partial charge in [0.2, 0.25) is 0 Å². The number of ether oxygens (including phenoxy) is 1. The first-order valence-electron chi connectivity index (χ1n) is 8.22. The smallest absolute Gasteiger partial charge is 0.406 e. The zero-order chi connectivity index (χ0) is 19.7. The fourth-order valence-corrected chi connectivity index (χ4v) is 2.77. The molecule has 9 heteroatoms. The van der Waals surface area contributed by atoms with Gasteiger partial charge in [-0.2, -0.15) is 4.98 Å². The molecule has 2 heterocycles. The summed E-state index contributed by atoms with van der Waals surface area (Å²) in [7, 11) is 0. The molecule has 0 saturated heterocycles. The normalized spacial score (nSPS) is 11.7. The summed E-state index contributed by atoms with van der Waals surface area (Å²) >= 11 is 0. The van der Waals surface area contributed by atoms with Crippen molar-refractivity contribution in [2.45, 2.75) is 12.9 Å². The molecule has 4 aromatic rings. The van der Waals surface area contributed by atoms with Gasteiger partial charge in [-0.25, -0.2) is 8.96 Å². The van der Waals surface area contributed by atoms with E-state index in [1.165, 1.54) is 30.3 Å². The molecule has 2 aromatic heterocycles. The summed E-state index contributed by atoms with van der Waals surface area (Å²) in [6, 6.07) is 11.9. The lowest BCUT2D eigenvalue weighted by molar-refractivity contribution is -0.689. The number of imidazole rings is 1. The number of rotatable bonds is 4. The Morgan fingerprint density at radius 1 is 1.04 bits per heavy atom. The molecular formula is C19H13F4N4O+. The van der Waals surface area contributed by atoms with Crippen molar-refractivity contribution in [2.24, 2.45) is 0 Å². The minimum atomic E-state index is -4.72. The van der Waals surface area contributed by atoms with Gasteiger partial charge in [-0.3, -0.25) is 0 Å². The fraction of sp³-hybridized carbons (Fsp3) is 0.105. The Kier molecular flexibility index (Phi) is 4.42. The van der Waals surface area contributed by atoms with Crippen LogP contribution in [0.5, 0.6) is 5.75 Å². The molecule has 2 aromatic carbocycles. The maximum atomic E-state index is 13.9. The third-order valence-electron chi connectivity index (χ3n) is 3.99. The van der Waals surface area contributed by atoms with Crippen LogP contribution in [0.25, 0.3) is 22.6 Å². The predicted octanol–water partition coefficient (Wildman–Crippen LogP) is 4.00. The van der Waals surface area contributed by atoms with Crippen molar-refractivity contribution >= 4 is 11.2 Å². The summed E-state index contributed by atoms with van der Waals surface area (Å²) in [4.78, 5) is 11.6. The first-order valence-corrected chi connectivity index (χ1v) is 8.22. The van der Waals surface area contributed by atoms with Crippen molar-refractivity contribution in [3.05, 3.63) is 72.4 Å². The summed E-state index contributed by atoms with van der Waals surface area (Å²) in [5.41, 5.74) is 2.14. The van der Waals surface area contributed by atoms with Crippen LogP contribution in [-0.2, 0) is 6.54 Å². The van der Waals surface area contributed by atoms with Crippen LogP contribution in [0.3, 0.4) is 0 Å². The fourth-order valence-electron chi connectivity index (χ4n) is 2.77. The average molecular weight is 389 g/mol. The van der Waals surface area contributed by atoms with Crippen LogP contribution < -0.4 is 9.30 Å². The van der Waals surface area contributed by atoms with Crippen LogP contribution >= 0.6 is 0 Å². The number of nitrogens with zero attached hydrogens (tertiary/aromatic N) is 3. The van der Waals surface area contributed by atoms with Crippen molar-refractivity contribution < 1.29 is 26.9 Å². The monoisotopic (exact) mass is 389 g/mol. The van der Waals surface area contributed by atoms with E-state index in [1.54, 1.807) is 35.3 Å². The van der Waals surface area contributed by atoms with E-state index in [-0.39, 0.29) is 5.75 Å². The molecule has 1 N–H and O–H groups in total. The number of hydrogen-bond acceptors (Lipinski definition) is 3. The molecule has 28 heavy (non-hydrogen) atoms. The van der Waals surface area contributed by atoms with Gasteiger partial charge in [-0.15, -0.1) is 13.2 Å². The summed E-state index contributed by atoms with van der Waals surface area (Å²) in [6.45, 7) is 0.378. The van der Waals surface area contributed by atoms with Gasteiger partial charge in [0.25, 0.3) is 12.0 Å². The van der Waals surface area contributed by atoms with Crippen LogP contribution in [0.2, 0.25) is 0 Å². The maximum absolute atomic E-state index is 13.9. The summed E-state index contributed by atoms with van der Waals surface area (Å²) < 4.78 is 56.2. The van der Waals surface area contributed by atoms with Crippen LogP contribution in [0.15, 0.2) is 61.1 Å². The number of nitrogens with one attached hydrogen (secondary N) is 1. The molecule has 5 nitrogen and oxygen atoms in total. The molecule has 0 aliphatic heterocycles. The second kappa shape index (κ2) is 6.91. The summed E-state index contributed by atoms with van der Waals surface area (Å²) in [6.07, 6.45) is -1.42. The van der Waals surface area contributed by atoms with Gasteiger partial charge < -0.3 is 9.72 Å². The number of hydrogen-bond donors (Lipinski definition) is 1. The Hall–Kier alpha value is -3.49. The highest BCUT2D eigenvalue weighted by molar-refractivity contribution is 5.74. The maximum Gasteiger partial charge on any atom is 0.573 e. The van der Waals surface area contributed by atoms with E-state index >= 15 is 0 Å². The molecule has 0 unspecified atom stereocenters. The number of alkyl halides is 3. The topological polar surface area (TPSA) is 54.7 Å². The Bertz CT molecular complexity index is 1120. The van der Waals surface area contributed by atoms with Crippen molar-refractivity contribution in [1.82, 2.24) is 15.0 Å². The van der Waals surface area contributed by atoms with Crippen molar-refractivity contribution in [3.63, 3.8) is 0 Å². The third-order valence-corrected chi connectivity index (χ3v) is 3.99. The van der Waals surface area contributed by atoms with Gasteiger partial charge in [-0.1, -0.05) is 24.3 Å². The molecule has 0 atom stereocenters. The molecular weight excluding hydrogens is 376 g/mol. The second-order valence-corrected chi connectivity index (χ2v) is 6.04.